The molecule has 0 aliphatic carbocycles. The number of Topliss-reactive ketones (excluding diaryl/α,β-unsaturated/α-hetero) is 1. The van der Waals surface area contributed by atoms with Crippen LogP contribution in [0.5, 0.6) is 0 Å². The monoisotopic (exact) mass is 299 g/mol. The van der Waals surface area contributed by atoms with Gasteiger partial charge < -0.3 is 5.32 Å². The third-order valence-electron chi connectivity index (χ3n) is 3.71. The van der Waals surface area contributed by atoms with Gasteiger partial charge in [-0.05, 0) is 49.9 Å². The fraction of sp³-hybridized carbons (Fsp3) is 0.533. The van der Waals surface area contributed by atoms with Gasteiger partial charge in [0, 0.05) is 12.8 Å². The predicted molar refractivity (Wildman–Crippen MR) is 80.0 cm³/mol. The topological polar surface area (TPSA) is 29.1 Å². The lowest BCUT2D eigenvalue weighted by molar-refractivity contribution is -0.118. The van der Waals surface area contributed by atoms with Gasteiger partial charge in [0.15, 0.2) is 0 Å². The summed E-state index contributed by atoms with van der Waals surface area (Å²) in [5, 5.41) is 4.37. The van der Waals surface area contributed by atoms with Crippen molar-refractivity contribution in [3.63, 3.8) is 0 Å². The minimum atomic E-state index is 0.252. The fourth-order valence-corrected chi connectivity index (χ4v) is 2.91. The van der Waals surface area contributed by atoms with Crippen molar-refractivity contribution in [1.82, 2.24) is 5.32 Å². The first-order valence-corrected chi connectivity index (χ1v) is 7.57. The second-order valence-corrected chi connectivity index (χ2v) is 5.95. The summed E-state index contributed by atoms with van der Waals surface area (Å²) in [4.78, 5) is 12.0. The molecule has 4 heteroatoms. The summed E-state index contributed by atoms with van der Waals surface area (Å²) in [5.74, 6) is 0.947. The molecule has 1 aromatic rings. The lowest BCUT2D eigenvalue weighted by atomic mass is 9.91. The number of carbonyl (C=O) groups excluding carboxylic acids is 1. The van der Waals surface area contributed by atoms with Crippen LogP contribution in [-0.2, 0) is 11.2 Å². The van der Waals surface area contributed by atoms with Gasteiger partial charge in [-0.15, -0.1) is 0 Å². The van der Waals surface area contributed by atoms with Crippen LogP contribution in [0.15, 0.2) is 18.2 Å². The third-order valence-corrected chi connectivity index (χ3v) is 4.57. The second-order valence-electron chi connectivity index (χ2n) is 5.16. The Hall–Kier alpha value is -0.570. The number of ketones is 1. The lowest BCUT2D eigenvalue weighted by Crippen LogP contribution is -2.28. The van der Waals surface area contributed by atoms with Gasteiger partial charge in [-0.2, -0.15) is 0 Å². The molecule has 0 radical (unpaired) electrons. The van der Waals surface area contributed by atoms with Crippen LogP contribution in [0.4, 0.5) is 0 Å². The van der Waals surface area contributed by atoms with Crippen molar-refractivity contribution in [3.05, 3.63) is 33.8 Å². The molecule has 1 aromatic carbocycles. The summed E-state index contributed by atoms with van der Waals surface area (Å²) < 4.78 is 0. The Balaban J connectivity index is 1.82. The fourth-order valence-electron chi connectivity index (χ4n) is 2.52. The highest BCUT2D eigenvalue weighted by Crippen LogP contribution is 2.26. The van der Waals surface area contributed by atoms with E-state index in [1.807, 2.05) is 12.1 Å². The molecule has 0 amide bonds. The minimum Gasteiger partial charge on any atom is -0.317 e. The summed E-state index contributed by atoms with van der Waals surface area (Å²) in [5.41, 5.74) is 0.837. The van der Waals surface area contributed by atoms with Crippen LogP contribution in [-0.4, -0.2) is 18.9 Å². The number of piperidine rings is 1. The van der Waals surface area contributed by atoms with E-state index in [0.717, 1.165) is 25.1 Å². The van der Waals surface area contributed by atoms with E-state index in [1.165, 1.54) is 12.8 Å². The molecule has 0 spiro atoms. The van der Waals surface area contributed by atoms with E-state index in [9.17, 15) is 4.79 Å². The van der Waals surface area contributed by atoms with Crippen molar-refractivity contribution in [2.75, 3.05) is 13.1 Å². The van der Waals surface area contributed by atoms with Crippen molar-refractivity contribution >= 4 is 29.0 Å². The molecule has 1 fully saturated rings. The number of halogens is 2. The SMILES string of the molecule is O=C(CCC1CCNCC1)Cc1cccc(Cl)c1Cl. The van der Waals surface area contributed by atoms with Gasteiger partial charge in [-0.1, -0.05) is 35.3 Å². The predicted octanol–water partition coefficient (Wildman–Crippen LogP) is 3.88. The van der Waals surface area contributed by atoms with Crippen LogP contribution in [0.25, 0.3) is 0 Å². The average molecular weight is 300 g/mol. The van der Waals surface area contributed by atoms with Crippen LogP contribution in [0.3, 0.4) is 0 Å². The van der Waals surface area contributed by atoms with Gasteiger partial charge >= 0.3 is 0 Å². The zero-order chi connectivity index (χ0) is 13.7. The smallest absolute Gasteiger partial charge is 0.137 e. The number of hydrogen-bond acceptors (Lipinski definition) is 2. The van der Waals surface area contributed by atoms with E-state index in [1.54, 1.807) is 6.07 Å². The van der Waals surface area contributed by atoms with Crippen molar-refractivity contribution in [2.45, 2.75) is 32.1 Å². The number of carbonyl (C=O) groups is 1. The van der Waals surface area contributed by atoms with Crippen LogP contribution in [0, 0.1) is 5.92 Å². The summed E-state index contributed by atoms with van der Waals surface area (Å²) >= 11 is 12.0. The largest absolute Gasteiger partial charge is 0.317 e. The van der Waals surface area contributed by atoms with Gasteiger partial charge in [0.1, 0.15) is 5.78 Å². The normalized spacial score (nSPS) is 16.5. The molecule has 0 bridgehead atoms. The summed E-state index contributed by atoms with van der Waals surface area (Å²) in [6.45, 7) is 2.16. The highest BCUT2D eigenvalue weighted by molar-refractivity contribution is 6.42. The van der Waals surface area contributed by atoms with Crippen LogP contribution >= 0.6 is 23.2 Å². The van der Waals surface area contributed by atoms with Crippen LogP contribution in [0.2, 0.25) is 10.0 Å². The Labute approximate surface area is 124 Å². The molecular weight excluding hydrogens is 281 g/mol. The first kappa shape index (κ1) is 14.8. The Kier molecular flexibility index (Phi) is 5.68. The van der Waals surface area contributed by atoms with Crippen molar-refractivity contribution < 1.29 is 4.79 Å². The van der Waals surface area contributed by atoms with Gasteiger partial charge in [-0.3, -0.25) is 4.79 Å². The van der Waals surface area contributed by atoms with Crippen molar-refractivity contribution in [3.8, 4) is 0 Å². The highest BCUT2D eigenvalue weighted by Gasteiger charge is 2.15. The van der Waals surface area contributed by atoms with E-state index in [2.05, 4.69) is 5.32 Å². The summed E-state index contributed by atoms with van der Waals surface area (Å²) in [7, 11) is 0. The van der Waals surface area contributed by atoms with Gasteiger partial charge in [0.2, 0.25) is 0 Å². The molecule has 0 saturated carbocycles. The van der Waals surface area contributed by atoms with E-state index in [0.29, 0.717) is 28.8 Å². The Morgan fingerprint density at radius 2 is 2.00 bits per heavy atom. The molecule has 2 rings (SSSR count). The van der Waals surface area contributed by atoms with E-state index in [-0.39, 0.29) is 5.78 Å². The van der Waals surface area contributed by atoms with E-state index >= 15 is 0 Å². The standard InChI is InChI=1S/C15H19Cl2NO/c16-14-3-1-2-12(15(14)17)10-13(19)5-4-11-6-8-18-9-7-11/h1-3,11,18H,4-10H2. The third kappa shape index (κ3) is 4.48. The number of hydrogen-bond donors (Lipinski definition) is 1. The van der Waals surface area contributed by atoms with Gasteiger partial charge in [0.25, 0.3) is 0 Å². The Morgan fingerprint density at radius 3 is 2.74 bits per heavy atom. The lowest BCUT2D eigenvalue weighted by Gasteiger charge is -2.22. The first-order valence-electron chi connectivity index (χ1n) is 6.82. The Morgan fingerprint density at radius 1 is 1.26 bits per heavy atom. The van der Waals surface area contributed by atoms with Gasteiger partial charge in [0.05, 0.1) is 10.0 Å². The molecule has 2 nitrogen and oxygen atoms in total. The van der Waals surface area contributed by atoms with Crippen molar-refractivity contribution in [1.29, 1.82) is 0 Å². The summed E-state index contributed by atoms with van der Waals surface area (Å²) in [6, 6.07) is 5.45. The van der Waals surface area contributed by atoms with Crippen LogP contribution < -0.4 is 5.32 Å². The average Bonchev–Trinajstić information content (AvgIpc) is 2.43. The van der Waals surface area contributed by atoms with Gasteiger partial charge in [-0.25, -0.2) is 0 Å². The zero-order valence-electron chi connectivity index (χ0n) is 10.9. The molecule has 0 unspecified atom stereocenters. The summed E-state index contributed by atoms with van der Waals surface area (Å²) in [6.07, 6.45) is 4.41. The minimum absolute atomic E-state index is 0.252. The molecule has 104 valence electrons. The van der Waals surface area contributed by atoms with Crippen molar-refractivity contribution in [2.24, 2.45) is 5.92 Å². The number of nitrogens with one attached hydrogen (secondary N) is 1. The molecule has 1 saturated heterocycles. The molecule has 1 aliphatic rings. The number of benzene rings is 1. The maximum atomic E-state index is 12.0. The van der Waals surface area contributed by atoms with Crippen LogP contribution in [0.1, 0.15) is 31.2 Å². The number of rotatable bonds is 5. The molecule has 1 heterocycles. The Bertz CT molecular complexity index is 442. The van der Waals surface area contributed by atoms with E-state index < -0.39 is 0 Å². The first-order chi connectivity index (χ1) is 9.16. The molecular formula is C15H19Cl2NO. The zero-order valence-corrected chi connectivity index (χ0v) is 12.4. The molecule has 0 atom stereocenters. The molecule has 1 aliphatic heterocycles. The quantitative estimate of drug-likeness (QED) is 0.894. The molecule has 1 N–H and O–H groups in total. The maximum absolute atomic E-state index is 12.0. The van der Waals surface area contributed by atoms with E-state index in [4.69, 9.17) is 23.2 Å². The highest BCUT2D eigenvalue weighted by atomic mass is 35.5. The maximum Gasteiger partial charge on any atom is 0.137 e. The second kappa shape index (κ2) is 7.28. The molecule has 0 aromatic heterocycles. The molecule has 19 heavy (non-hydrogen) atoms.